The van der Waals surface area contributed by atoms with Crippen LogP contribution in [0.2, 0.25) is 0 Å². The Morgan fingerprint density at radius 3 is 2.38 bits per heavy atom. The van der Waals surface area contributed by atoms with E-state index in [4.69, 9.17) is 9.84 Å². The van der Waals surface area contributed by atoms with Gasteiger partial charge >= 0.3 is 12.1 Å². The van der Waals surface area contributed by atoms with Crippen molar-refractivity contribution in [2.75, 3.05) is 0 Å². The third kappa shape index (κ3) is 5.25. The minimum Gasteiger partial charge on any atom is -0.481 e. The summed E-state index contributed by atoms with van der Waals surface area (Å²) < 4.78 is 4.97. The van der Waals surface area contributed by atoms with Gasteiger partial charge in [0.25, 0.3) is 0 Å². The molecule has 2 N–H and O–H groups in total. The molecule has 0 spiro atoms. The minimum atomic E-state index is -1.19. The summed E-state index contributed by atoms with van der Waals surface area (Å²) in [6.45, 7) is 3.14. The Morgan fingerprint density at radius 2 is 1.86 bits per heavy atom. The Kier molecular flexibility index (Phi) is 6.39. The van der Waals surface area contributed by atoms with Crippen LogP contribution in [0.25, 0.3) is 0 Å². The monoisotopic (exact) mass is 293 g/mol. The van der Waals surface area contributed by atoms with Crippen molar-refractivity contribution in [2.24, 2.45) is 5.92 Å². The maximum Gasteiger partial charge on any atom is 0.408 e. The number of nitrogens with one attached hydrogen (secondary N) is 1. The van der Waals surface area contributed by atoms with Gasteiger partial charge in [-0.3, -0.25) is 9.59 Å². The fourth-order valence-corrected chi connectivity index (χ4v) is 1.81. The first-order valence-corrected chi connectivity index (χ1v) is 6.69. The molecular weight excluding hydrogens is 274 g/mol. The van der Waals surface area contributed by atoms with E-state index in [1.807, 2.05) is 18.2 Å². The van der Waals surface area contributed by atoms with Crippen molar-refractivity contribution in [3.05, 3.63) is 35.9 Å². The summed E-state index contributed by atoms with van der Waals surface area (Å²) in [6.07, 6.45) is -0.570. The smallest absolute Gasteiger partial charge is 0.408 e. The largest absolute Gasteiger partial charge is 0.481 e. The van der Waals surface area contributed by atoms with Gasteiger partial charge in [-0.2, -0.15) is 0 Å². The number of rotatable bonds is 7. The highest BCUT2D eigenvalue weighted by Crippen LogP contribution is 2.08. The fourth-order valence-electron chi connectivity index (χ4n) is 1.81. The van der Waals surface area contributed by atoms with Crippen LogP contribution >= 0.6 is 0 Å². The Labute approximate surface area is 123 Å². The van der Waals surface area contributed by atoms with Crippen molar-refractivity contribution in [3.63, 3.8) is 0 Å². The van der Waals surface area contributed by atoms with Crippen molar-refractivity contribution in [3.8, 4) is 0 Å². The van der Waals surface area contributed by atoms with Gasteiger partial charge in [0.2, 0.25) is 0 Å². The van der Waals surface area contributed by atoms with Crippen LogP contribution in [0.1, 0.15) is 25.8 Å². The molecule has 0 fully saturated rings. The highest BCUT2D eigenvalue weighted by Gasteiger charge is 2.29. The van der Waals surface area contributed by atoms with Crippen LogP contribution in [-0.4, -0.2) is 29.0 Å². The summed E-state index contributed by atoms with van der Waals surface area (Å²) in [5, 5.41) is 11.3. The van der Waals surface area contributed by atoms with Gasteiger partial charge in [-0.25, -0.2) is 4.79 Å². The van der Waals surface area contributed by atoms with Gasteiger partial charge in [0.1, 0.15) is 12.5 Å². The number of amides is 1. The molecule has 21 heavy (non-hydrogen) atoms. The summed E-state index contributed by atoms with van der Waals surface area (Å²) in [5.41, 5.74) is 0.823. The Morgan fingerprint density at radius 1 is 1.24 bits per heavy atom. The van der Waals surface area contributed by atoms with Gasteiger partial charge in [-0.1, -0.05) is 37.3 Å². The summed E-state index contributed by atoms with van der Waals surface area (Å²) in [5.74, 6) is -2.84. The van der Waals surface area contributed by atoms with E-state index in [1.54, 1.807) is 19.1 Å². The number of Topliss-reactive ketones (excluding diaryl/α,β-unsaturated/α-hetero) is 1. The third-order valence-electron chi connectivity index (χ3n) is 3.02. The van der Waals surface area contributed by atoms with Crippen molar-refractivity contribution in [2.45, 2.75) is 32.9 Å². The number of hydrogen-bond donors (Lipinski definition) is 2. The van der Waals surface area contributed by atoms with Crippen LogP contribution in [0.5, 0.6) is 0 Å². The molecule has 0 saturated carbocycles. The van der Waals surface area contributed by atoms with Crippen LogP contribution < -0.4 is 5.32 Å². The zero-order chi connectivity index (χ0) is 15.8. The van der Waals surface area contributed by atoms with E-state index in [-0.39, 0.29) is 13.0 Å². The van der Waals surface area contributed by atoms with Crippen LogP contribution in [0.3, 0.4) is 0 Å². The van der Waals surface area contributed by atoms with Crippen molar-refractivity contribution < 1.29 is 24.2 Å². The fraction of sp³-hybridized carbons (Fsp3) is 0.400. The molecule has 0 radical (unpaired) electrons. The first-order chi connectivity index (χ1) is 9.95. The van der Waals surface area contributed by atoms with E-state index in [0.717, 1.165) is 5.56 Å². The molecule has 1 unspecified atom stereocenters. The molecule has 1 amide bonds. The highest BCUT2D eigenvalue weighted by molar-refractivity contribution is 6.01. The molecule has 0 bridgehead atoms. The number of alkyl carbamates (subject to hydrolysis) is 1. The normalized spacial score (nSPS) is 13.0. The summed E-state index contributed by atoms with van der Waals surface area (Å²) >= 11 is 0. The number of benzene rings is 1. The first-order valence-electron chi connectivity index (χ1n) is 6.69. The number of ether oxygens (including phenoxy) is 1. The molecule has 0 aliphatic heterocycles. The molecule has 0 aliphatic rings. The summed E-state index contributed by atoms with van der Waals surface area (Å²) in [7, 11) is 0. The summed E-state index contributed by atoms with van der Waals surface area (Å²) in [6, 6.07) is 8.19. The van der Waals surface area contributed by atoms with E-state index in [2.05, 4.69) is 5.32 Å². The number of carbonyl (C=O) groups is 3. The average Bonchev–Trinajstić information content (AvgIpc) is 2.46. The van der Waals surface area contributed by atoms with Crippen molar-refractivity contribution in [1.82, 2.24) is 5.32 Å². The lowest BCUT2D eigenvalue weighted by molar-refractivity contribution is -0.146. The predicted molar refractivity (Wildman–Crippen MR) is 75.6 cm³/mol. The number of ketones is 1. The number of aliphatic carboxylic acids is 1. The zero-order valence-electron chi connectivity index (χ0n) is 12.0. The molecule has 1 aromatic rings. The molecule has 6 heteroatoms. The highest BCUT2D eigenvalue weighted by atomic mass is 16.5. The van der Waals surface area contributed by atoms with Crippen molar-refractivity contribution >= 4 is 17.8 Å². The molecule has 0 aromatic heterocycles. The second-order valence-electron chi connectivity index (χ2n) is 4.63. The summed E-state index contributed by atoms with van der Waals surface area (Å²) in [4.78, 5) is 34.4. The quantitative estimate of drug-likeness (QED) is 0.750. The Balaban J connectivity index is 2.46. The van der Waals surface area contributed by atoms with Crippen LogP contribution in [0, 0.1) is 5.92 Å². The molecular formula is C15H19NO5. The van der Waals surface area contributed by atoms with E-state index in [1.165, 1.54) is 6.92 Å². The molecule has 0 saturated heterocycles. The van der Waals surface area contributed by atoms with Gasteiger partial charge in [-0.05, 0) is 18.9 Å². The van der Waals surface area contributed by atoms with Crippen molar-refractivity contribution in [1.29, 1.82) is 0 Å². The molecule has 1 rings (SSSR count). The zero-order valence-corrected chi connectivity index (χ0v) is 12.0. The molecule has 6 nitrogen and oxygen atoms in total. The van der Waals surface area contributed by atoms with Gasteiger partial charge in [-0.15, -0.1) is 0 Å². The third-order valence-corrected chi connectivity index (χ3v) is 3.02. The number of carboxylic acid groups (broad SMARTS) is 1. The Hall–Kier alpha value is -2.37. The average molecular weight is 293 g/mol. The Bertz CT molecular complexity index is 500. The van der Waals surface area contributed by atoms with Gasteiger partial charge in [0, 0.05) is 0 Å². The van der Waals surface area contributed by atoms with E-state index >= 15 is 0 Å². The van der Waals surface area contributed by atoms with E-state index in [9.17, 15) is 14.4 Å². The molecule has 0 heterocycles. The minimum absolute atomic E-state index is 0.0870. The lowest BCUT2D eigenvalue weighted by Crippen LogP contribution is -2.43. The number of carbonyl (C=O) groups excluding carboxylic acids is 2. The topological polar surface area (TPSA) is 92.7 Å². The van der Waals surface area contributed by atoms with Crippen LogP contribution in [-0.2, 0) is 20.9 Å². The molecule has 2 atom stereocenters. The molecule has 0 aliphatic carbocycles. The second kappa shape index (κ2) is 8.04. The molecule has 114 valence electrons. The lowest BCUT2D eigenvalue weighted by Gasteiger charge is -2.16. The van der Waals surface area contributed by atoms with E-state index in [0.29, 0.717) is 0 Å². The predicted octanol–water partition coefficient (Wildman–Crippen LogP) is 1.98. The maximum absolute atomic E-state index is 11.9. The maximum atomic E-state index is 11.9. The van der Waals surface area contributed by atoms with Gasteiger partial charge < -0.3 is 15.2 Å². The first kappa shape index (κ1) is 16.7. The van der Waals surface area contributed by atoms with Gasteiger partial charge in [0.15, 0.2) is 5.78 Å². The van der Waals surface area contributed by atoms with E-state index < -0.39 is 29.8 Å². The number of carboxylic acids is 1. The lowest BCUT2D eigenvalue weighted by atomic mass is 9.97. The standard InChI is InChI=1S/C15H19NO5/c1-3-12(14(18)19)13(17)10(2)16-15(20)21-9-11-7-5-4-6-8-11/h4-8,10,12H,3,9H2,1-2H3,(H,16,20)(H,18,19)/t10-,12?/m0/s1. The van der Waals surface area contributed by atoms with Crippen LogP contribution in [0.15, 0.2) is 30.3 Å². The molecule has 1 aromatic carbocycles. The second-order valence-corrected chi connectivity index (χ2v) is 4.63. The number of hydrogen-bond acceptors (Lipinski definition) is 4. The van der Waals surface area contributed by atoms with Gasteiger partial charge in [0.05, 0.1) is 6.04 Å². The SMILES string of the molecule is CCC(C(=O)O)C(=O)[C@H](C)NC(=O)OCc1ccccc1. The van der Waals surface area contributed by atoms with Crippen LogP contribution in [0.4, 0.5) is 4.79 Å².